The molecule has 7 heterocycles. The maximum absolute atomic E-state index is 6.47. The zero-order valence-corrected chi connectivity index (χ0v) is 39.8. The number of pyridine rings is 1. The number of nitrogens with two attached hydrogens (primary N) is 4. The van der Waals surface area contributed by atoms with Crippen molar-refractivity contribution in [1.82, 2.24) is 49.6 Å². The predicted molar refractivity (Wildman–Crippen MR) is 258 cm³/mol. The lowest BCUT2D eigenvalue weighted by Crippen LogP contribution is -2.47. The standard InChI is InChI=1S/C44H56N14O4S3/c1-25(62-43-50-33(45)22-34(46)51-43)38-26(2)63-42(54-38)30-19-31(40(59-5)32(20-30)60-17-15-56-9-6-10-56)24-58-13-11-57(12-14-58)16-18-61-37-21-29(7-8-49-37)41-55-39(27(3)64-41)28(4)65-44-52-35(47)23-36(48)53-44/h7-8,19-23,25,28H,6,9-18,24H2,1-5H3,(H4,45,46,50,51)(H4,47,48,52,53)/t25-,28-/m1/s1. The molecule has 2 aliphatic heterocycles. The minimum absolute atomic E-state index is 0.000688. The first-order valence-electron chi connectivity index (χ1n) is 21.6. The van der Waals surface area contributed by atoms with Gasteiger partial charge in [-0.1, -0.05) is 11.8 Å². The highest BCUT2D eigenvalue weighted by molar-refractivity contribution is 7.99. The normalized spacial score (nSPS) is 15.6. The summed E-state index contributed by atoms with van der Waals surface area (Å²) in [4.78, 5) is 41.0. The summed E-state index contributed by atoms with van der Waals surface area (Å²) in [6.45, 7) is 17.3. The van der Waals surface area contributed by atoms with Crippen LogP contribution in [-0.4, -0.2) is 122 Å². The number of thiazole rings is 2. The molecule has 0 amide bonds. The maximum Gasteiger partial charge on any atom is 0.320 e. The average Bonchev–Trinajstić information content (AvgIpc) is 3.84. The van der Waals surface area contributed by atoms with E-state index in [1.165, 1.54) is 24.2 Å². The quantitative estimate of drug-likeness (QED) is 0.0527. The van der Waals surface area contributed by atoms with Gasteiger partial charge in [-0.3, -0.25) is 14.7 Å². The van der Waals surface area contributed by atoms with Crippen LogP contribution in [0.2, 0.25) is 0 Å². The molecule has 0 aliphatic carbocycles. The van der Waals surface area contributed by atoms with E-state index >= 15 is 0 Å². The van der Waals surface area contributed by atoms with Gasteiger partial charge in [0.2, 0.25) is 5.88 Å². The van der Waals surface area contributed by atoms with E-state index in [0.717, 1.165) is 106 Å². The van der Waals surface area contributed by atoms with Gasteiger partial charge in [0, 0.05) is 96.7 Å². The number of likely N-dealkylation sites (tertiary alicyclic amines) is 1. The highest BCUT2D eigenvalue weighted by Gasteiger charge is 2.25. The fourth-order valence-corrected chi connectivity index (χ4v) is 10.8. The van der Waals surface area contributed by atoms with Crippen molar-refractivity contribution in [2.24, 2.45) is 0 Å². The van der Waals surface area contributed by atoms with Gasteiger partial charge in [0.05, 0.1) is 23.7 Å². The van der Waals surface area contributed by atoms with Crippen LogP contribution in [-0.2, 0) is 6.54 Å². The van der Waals surface area contributed by atoms with Gasteiger partial charge in [0.1, 0.15) is 52.6 Å². The summed E-state index contributed by atoms with van der Waals surface area (Å²) in [7, 11) is 1.71. The number of thioether (sulfide) groups is 1. The van der Waals surface area contributed by atoms with Crippen LogP contribution in [0.25, 0.3) is 21.1 Å². The molecule has 18 nitrogen and oxygen atoms in total. The van der Waals surface area contributed by atoms with E-state index in [-0.39, 0.29) is 22.9 Å². The van der Waals surface area contributed by atoms with E-state index in [1.54, 1.807) is 42.0 Å². The smallest absolute Gasteiger partial charge is 0.320 e. The van der Waals surface area contributed by atoms with Gasteiger partial charge in [0.25, 0.3) is 0 Å². The number of rotatable bonds is 19. The number of hydrogen-bond acceptors (Lipinski definition) is 21. The summed E-state index contributed by atoms with van der Waals surface area (Å²) >= 11 is 4.72. The summed E-state index contributed by atoms with van der Waals surface area (Å²) in [6, 6.07) is 11.3. The van der Waals surface area contributed by atoms with Crippen LogP contribution in [0, 0.1) is 13.8 Å². The minimum Gasteiger partial charge on any atom is -0.493 e. The summed E-state index contributed by atoms with van der Waals surface area (Å²) in [5, 5.41) is 2.28. The zero-order valence-electron chi connectivity index (χ0n) is 37.3. The fourth-order valence-electron chi connectivity index (χ4n) is 7.72. The Balaban J connectivity index is 0.884. The van der Waals surface area contributed by atoms with Crippen LogP contribution in [0.4, 0.5) is 23.3 Å². The second kappa shape index (κ2) is 20.7. The Morgan fingerprint density at radius 3 is 1.95 bits per heavy atom. The van der Waals surface area contributed by atoms with E-state index in [9.17, 15) is 0 Å². The molecule has 0 bridgehead atoms. The zero-order chi connectivity index (χ0) is 45.6. The number of aryl methyl sites for hydroxylation is 2. The first-order valence-corrected chi connectivity index (χ1v) is 24.1. The molecule has 1 aromatic carbocycles. The van der Waals surface area contributed by atoms with Crippen LogP contribution < -0.4 is 41.9 Å². The van der Waals surface area contributed by atoms with E-state index in [4.69, 9.17) is 51.9 Å². The van der Waals surface area contributed by atoms with Gasteiger partial charge < -0.3 is 41.9 Å². The first-order chi connectivity index (χ1) is 31.4. The lowest BCUT2D eigenvalue weighted by atomic mass is 10.1. The van der Waals surface area contributed by atoms with E-state index < -0.39 is 6.10 Å². The topological polar surface area (TPSA) is 241 Å². The Labute approximate surface area is 391 Å². The molecule has 21 heteroatoms. The van der Waals surface area contributed by atoms with E-state index in [0.29, 0.717) is 48.2 Å². The third kappa shape index (κ3) is 11.6. The van der Waals surface area contributed by atoms with Crippen LogP contribution in [0.3, 0.4) is 0 Å². The second-order valence-corrected chi connectivity index (χ2v) is 19.7. The molecule has 0 unspecified atom stereocenters. The van der Waals surface area contributed by atoms with Crippen LogP contribution in [0.1, 0.15) is 58.3 Å². The number of methoxy groups -OCH3 is 1. The Hall–Kier alpha value is -5.58. The average molecular weight is 941 g/mol. The van der Waals surface area contributed by atoms with E-state index in [1.807, 2.05) is 32.0 Å². The summed E-state index contributed by atoms with van der Waals surface area (Å²) < 4.78 is 24.8. The van der Waals surface area contributed by atoms with Crippen molar-refractivity contribution in [3.63, 3.8) is 0 Å². The maximum atomic E-state index is 6.47. The predicted octanol–water partition coefficient (Wildman–Crippen LogP) is 6.14. The monoisotopic (exact) mass is 940 g/mol. The van der Waals surface area contributed by atoms with E-state index in [2.05, 4.69) is 59.5 Å². The molecule has 344 valence electrons. The molecule has 6 aromatic rings. The number of aromatic nitrogens is 7. The van der Waals surface area contributed by atoms with Gasteiger partial charge in [-0.05, 0) is 65.4 Å². The third-order valence-corrected chi connectivity index (χ3v) is 14.2. The molecule has 65 heavy (non-hydrogen) atoms. The fraction of sp³-hybridized carbons (Fsp3) is 0.432. The van der Waals surface area contributed by atoms with Gasteiger partial charge >= 0.3 is 6.01 Å². The minimum atomic E-state index is -0.436. The highest BCUT2D eigenvalue weighted by Crippen LogP contribution is 2.41. The summed E-state index contributed by atoms with van der Waals surface area (Å²) in [5.41, 5.74) is 28.3. The van der Waals surface area contributed by atoms with Crippen LogP contribution >= 0.6 is 34.4 Å². The lowest BCUT2D eigenvalue weighted by molar-refractivity contribution is 0.111. The number of anilines is 4. The van der Waals surface area contributed by atoms with Crippen molar-refractivity contribution in [1.29, 1.82) is 0 Å². The number of benzene rings is 1. The van der Waals surface area contributed by atoms with Crippen molar-refractivity contribution in [2.75, 3.05) is 95.6 Å². The molecule has 2 fully saturated rings. The molecular formula is C44H56N14O4S3. The molecule has 2 atom stereocenters. The largest absolute Gasteiger partial charge is 0.493 e. The molecule has 5 aromatic heterocycles. The summed E-state index contributed by atoms with van der Waals surface area (Å²) in [6.07, 6.45) is 2.57. The van der Waals surface area contributed by atoms with Crippen LogP contribution in [0.15, 0.2) is 47.8 Å². The Bertz CT molecular complexity index is 2540. The van der Waals surface area contributed by atoms with Crippen molar-refractivity contribution in [3.8, 4) is 44.5 Å². The Morgan fingerprint density at radius 1 is 0.692 bits per heavy atom. The molecule has 2 aliphatic rings. The molecule has 0 radical (unpaired) electrons. The molecule has 0 spiro atoms. The van der Waals surface area contributed by atoms with Crippen molar-refractivity contribution in [2.45, 2.75) is 57.2 Å². The SMILES string of the molecule is COc1c(CN2CCN(CCOc3cc(-c4nc([C@@H](C)Sc5nc(N)cc(N)n5)c(C)s4)ccn3)CC2)cc(-c2nc([C@@H](C)Oc3nc(N)cc(N)n3)c(C)s2)cc1OCCN1CCC1. The lowest BCUT2D eigenvalue weighted by Gasteiger charge is -2.35. The second-order valence-electron chi connectivity index (χ2n) is 16.0. The number of nitrogen functional groups attached to an aromatic ring is 4. The van der Waals surface area contributed by atoms with Gasteiger partial charge in [-0.15, -0.1) is 22.7 Å². The van der Waals surface area contributed by atoms with Gasteiger partial charge in [-0.2, -0.15) is 9.97 Å². The van der Waals surface area contributed by atoms with Crippen molar-refractivity contribution < 1.29 is 18.9 Å². The number of nitrogens with zero attached hydrogens (tertiary/aromatic N) is 10. The van der Waals surface area contributed by atoms with Crippen molar-refractivity contribution in [3.05, 3.63) is 69.3 Å². The molecule has 0 saturated carbocycles. The molecular weight excluding hydrogens is 885 g/mol. The summed E-state index contributed by atoms with van der Waals surface area (Å²) in [5.74, 6) is 3.21. The number of piperazine rings is 1. The highest BCUT2D eigenvalue weighted by atomic mass is 32.2. The Kier molecular flexibility index (Phi) is 14.7. The Morgan fingerprint density at radius 2 is 1.29 bits per heavy atom. The van der Waals surface area contributed by atoms with Crippen molar-refractivity contribution >= 4 is 57.7 Å². The van der Waals surface area contributed by atoms with Gasteiger partial charge in [0.15, 0.2) is 16.7 Å². The third-order valence-electron chi connectivity index (χ3n) is 11.2. The number of hydrogen-bond donors (Lipinski definition) is 4. The molecule has 8 N–H and O–H groups in total. The van der Waals surface area contributed by atoms with Gasteiger partial charge in [-0.25, -0.2) is 24.9 Å². The molecule has 2 saturated heterocycles. The molecule has 8 rings (SSSR count). The number of ether oxygens (including phenoxy) is 4. The first kappa shape index (κ1) is 46.0. The van der Waals surface area contributed by atoms with Crippen LogP contribution in [0.5, 0.6) is 23.4 Å².